The Morgan fingerprint density at radius 1 is 1.33 bits per heavy atom. The number of benzene rings is 1. The van der Waals surface area contributed by atoms with E-state index in [0.29, 0.717) is 22.5 Å². The highest BCUT2D eigenvalue weighted by atomic mass is 79.9. The molecule has 5 nitrogen and oxygen atoms in total. The Labute approximate surface area is 146 Å². The molecule has 8 heteroatoms. The van der Waals surface area contributed by atoms with Crippen LogP contribution in [0.1, 0.15) is 50.7 Å². The van der Waals surface area contributed by atoms with Crippen LogP contribution in [0.2, 0.25) is 0 Å². The number of carbonyl (C=O) groups is 1. The minimum atomic E-state index is -0.927. The van der Waals surface area contributed by atoms with Gasteiger partial charge in [-0.25, -0.2) is 18.4 Å². The number of fused-ring (bicyclic) bond motifs is 1. The van der Waals surface area contributed by atoms with Crippen molar-refractivity contribution in [3.8, 4) is 0 Å². The minimum absolute atomic E-state index is 0.349. The number of carbonyl (C=O) groups excluding carboxylic acids is 1. The number of hydrogen-bond acceptors (Lipinski definition) is 4. The molecule has 0 aliphatic carbocycles. The molecular weight excluding hydrogens is 384 g/mol. The summed E-state index contributed by atoms with van der Waals surface area (Å²) >= 11 is 3.20. The van der Waals surface area contributed by atoms with Crippen LogP contribution in [0.15, 0.2) is 22.9 Å². The normalized spacial score (nSPS) is 20.1. The average Bonchev–Trinajstić information content (AvgIpc) is 3.00. The Hall–Kier alpha value is -1.83. The van der Waals surface area contributed by atoms with Gasteiger partial charge in [0.25, 0.3) is 0 Å². The molecule has 24 heavy (non-hydrogen) atoms. The van der Waals surface area contributed by atoms with Crippen LogP contribution in [0, 0.1) is 17.0 Å². The lowest BCUT2D eigenvalue weighted by Gasteiger charge is -2.20. The fourth-order valence-corrected chi connectivity index (χ4v) is 2.92. The lowest BCUT2D eigenvalue weighted by molar-refractivity contribution is -0.159. The fourth-order valence-electron chi connectivity index (χ4n) is 2.57. The van der Waals surface area contributed by atoms with E-state index in [1.807, 2.05) is 0 Å². The third-order valence-corrected chi connectivity index (χ3v) is 4.18. The summed E-state index contributed by atoms with van der Waals surface area (Å²) in [6.07, 6.45) is -0.219. The van der Waals surface area contributed by atoms with Crippen LogP contribution >= 0.6 is 15.9 Å². The van der Waals surface area contributed by atoms with Crippen LogP contribution in [0.5, 0.6) is 0 Å². The SMILES string of the molecule is CC(C)(C)C(=O)O[C@@H]1C[C@@H](c2ccc(F)c(F)c2)n2nc(Br)nc21. The van der Waals surface area contributed by atoms with Gasteiger partial charge in [-0.15, -0.1) is 5.10 Å². The van der Waals surface area contributed by atoms with Crippen molar-refractivity contribution in [2.75, 3.05) is 0 Å². The molecule has 0 fully saturated rings. The Morgan fingerprint density at radius 3 is 2.67 bits per heavy atom. The van der Waals surface area contributed by atoms with Gasteiger partial charge in [0, 0.05) is 6.42 Å². The highest BCUT2D eigenvalue weighted by molar-refractivity contribution is 9.10. The van der Waals surface area contributed by atoms with Gasteiger partial charge in [0.15, 0.2) is 23.6 Å². The zero-order valence-corrected chi connectivity index (χ0v) is 15.0. The fraction of sp³-hybridized carbons (Fsp3) is 0.438. The molecule has 0 amide bonds. The summed E-state index contributed by atoms with van der Waals surface area (Å²) in [5.41, 5.74) is -0.107. The third-order valence-electron chi connectivity index (χ3n) is 3.84. The first-order chi connectivity index (χ1) is 11.2. The first kappa shape index (κ1) is 17.0. The smallest absolute Gasteiger partial charge is 0.311 e. The summed E-state index contributed by atoms with van der Waals surface area (Å²) in [6, 6.07) is 3.32. The van der Waals surface area contributed by atoms with Crippen LogP contribution in [0.3, 0.4) is 0 Å². The Kier molecular flexibility index (Phi) is 4.19. The lowest BCUT2D eigenvalue weighted by atomic mass is 9.97. The number of halogens is 3. The van der Waals surface area contributed by atoms with E-state index in [2.05, 4.69) is 26.0 Å². The quantitative estimate of drug-likeness (QED) is 0.717. The molecule has 0 unspecified atom stereocenters. The predicted molar refractivity (Wildman–Crippen MR) is 85.1 cm³/mol. The minimum Gasteiger partial charge on any atom is -0.454 e. The number of esters is 1. The van der Waals surface area contributed by atoms with Crippen molar-refractivity contribution in [3.63, 3.8) is 0 Å². The van der Waals surface area contributed by atoms with Crippen molar-refractivity contribution in [3.05, 3.63) is 46.0 Å². The van der Waals surface area contributed by atoms with Gasteiger partial charge < -0.3 is 4.74 Å². The molecule has 2 heterocycles. The molecule has 128 valence electrons. The average molecular weight is 400 g/mol. The first-order valence-corrected chi connectivity index (χ1v) is 8.24. The maximum absolute atomic E-state index is 13.6. The molecule has 1 aliphatic heterocycles. The Balaban J connectivity index is 1.93. The standard InChI is InChI=1S/C16H16BrF2N3O2/c1-16(2,3)14(23)24-12-7-11(22-13(12)20-15(17)21-22)8-4-5-9(18)10(19)6-8/h4-6,11-12H,7H2,1-3H3/t11-,12+/m0/s1. The maximum atomic E-state index is 13.6. The van der Waals surface area contributed by atoms with Crippen molar-refractivity contribution in [2.24, 2.45) is 5.41 Å². The molecule has 1 aromatic carbocycles. The van der Waals surface area contributed by atoms with Gasteiger partial charge in [0.1, 0.15) is 0 Å². The number of rotatable bonds is 2. The molecule has 0 spiro atoms. The van der Waals surface area contributed by atoms with Gasteiger partial charge in [-0.1, -0.05) is 6.07 Å². The van der Waals surface area contributed by atoms with E-state index in [0.717, 1.165) is 12.1 Å². The highest BCUT2D eigenvalue weighted by Gasteiger charge is 2.39. The van der Waals surface area contributed by atoms with Crippen LogP contribution in [-0.2, 0) is 9.53 Å². The highest BCUT2D eigenvalue weighted by Crippen LogP contribution is 2.41. The monoisotopic (exact) mass is 399 g/mol. The molecule has 2 atom stereocenters. The van der Waals surface area contributed by atoms with Gasteiger partial charge in [-0.2, -0.15) is 0 Å². The van der Waals surface area contributed by atoms with Crippen molar-refractivity contribution in [2.45, 2.75) is 39.3 Å². The van der Waals surface area contributed by atoms with E-state index in [1.54, 1.807) is 25.5 Å². The molecule has 0 saturated heterocycles. The molecular formula is C16H16BrF2N3O2. The second kappa shape index (κ2) is 5.91. The summed E-state index contributed by atoms with van der Waals surface area (Å²) in [5, 5.41) is 4.24. The molecule has 2 aromatic rings. The van der Waals surface area contributed by atoms with Gasteiger partial charge in [-0.05, 0) is 54.4 Å². The first-order valence-electron chi connectivity index (χ1n) is 7.45. The lowest BCUT2D eigenvalue weighted by Crippen LogP contribution is -2.24. The van der Waals surface area contributed by atoms with E-state index in [1.165, 1.54) is 6.07 Å². The Morgan fingerprint density at radius 2 is 2.04 bits per heavy atom. The third kappa shape index (κ3) is 3.07. The van der Waals surface area contributed by atoms with E-state index >= 15 is 0 Å². The van der Waals surface area contributed by atoms with Gasteiger partial charge in [0.2, 0.25) is 4.73 Å². The summed E-state index contributed by atoms with van der Waals surface area (Å²) < 4.78 is 34.2. The number of ether oxygens (including phenoxy) is 1. The number of aromatic nitrogens is 3. The summed E-state index contributed by atoms with van der Waals surface area (Å²) in [7, 11) is 0. The van der Waals surface area contributed by atoms with E-state index < -0.39 is 23.2 Å². The number of hydrogen-bond donors (Lipinski definition) is 0. The van der Waals surface area contributed by atoms with E-state index in [-0.39, 0.29) is 12.0 Å². The zero-order valence-electron chi connectivity index (χ0n) is 13.4. The van der Waals surface area contributed by atoms with Crippen molar-refractivity contribution in [1.29, 1.82) is 0 Å². The Bertz CT molecular complexity index is 801. The molecule has 0 bridgehead atoms. The van der Waals surface area contributed by atoms with Crippen LogP contribution in [-0.4, -0.2) is 20.7 Å². The summed E-state index contributed by atoms with van der Waals surface area (Å²) in [4.78, 5) is 16.4. The second-order valence-corrected chi connectivity index (χ2v) is 7.46. The van der Waals surface area contributed by atoms with Crippen LogP contribution in [0.4, 0.5) is 8.78 Å². The topological polar surface area (TPSA) is 57.0 Å². The maximum Gasteiger partial charge on any atom is 0.311 e. The van der Waals surface area contributed by atoms with Crippen LogP contribution in [0.25, 0.3) is 0 Å². The summed E-state index contributed by atoms with van der Waals surface area (Å²) in [6.45, 7) is 5.28. The van der Waals surface area contributed by atoms with Crippen molar-refractivity contribution < 1.29 is 18.3 Å². The molecule has 1 aliphatic rings. The van der Waals surface area contributed by atoms with Crippen molar-refractivity contribution in [1.82, 2.24) is 14.8 Å². The zero-order chi connectivity index (χ0) is 17.6. The summed E-state index contributed by atoms with van der Waals surface area (Å²) in [5.74, 6) is -1.71. The largest absolute Gasteiger partial charge is 0.454 e. The van der Waals surface area contributed by atoms with Gasteiger partial charge in [-0.3, -0.25) is 4.79 Å². The number of nitrogens with zero attached hydrogens (tertiary/aromatic N) is 3. The second-order valence-electron chi connectivity index (χ2n) is 6.75. The molecule has 0 radical (unpaired) electrons. The van der Waals surface area contributed by atoms with Crippen LogP contribution < -0.4 is 0 Å². The molecule has 3 rings (SSSR count). The predicted octanol–water partition coefficient (Wildman–Crippen LogP) is 3.94. The van der Waals surface area contributed by atoms with E-state index in [9.17, 15) is 13.6 Å². The van der Waals surface area contributed by atoms with E-state index in [4.69, 9.17) is 4.74 Å². The molecule has 1 aromatic heterocycles. The van der Waals surface area contributed by atoms with Crippen molar-refractivity contribution >= 4 is 21.9 Å². The molecule has 0 N–H and O–H groups in total. The van der Waals surface area contributed by atoms with Gasteiger partial charge in [0.05, 0.1) is 11.5 Å². The van der Waals surface area contributed by atoms with Gasteiger partial charge >= 0.3 is 5.97 Å². The molecule has 0 saturated carbocycles.